The zero-order valence-corrected chi connectivity index (χ0v) is 18.2. The maximum Gasteiger partial charge on any atom is 0.303 e. The van der Waals surface area contributed by atoms with Gasteiger partial charge in [-0.2, -0.15) is 0 Å². The number of anilines is 1. The van der Waals surface area contributed by atoms with Crippen LogP contribution in [0.1, 0.15) is 44.2 Å². The van der Waals surface area contributed by atoms with Crippen LogP contribution in [0.2, 0.25) is 0 Å². The van der Waals surface area contributed by atoms with Gasteiger partial charge in [-0.1, -0.05) is 12.1 Å². The Morgan fingerprint density at radius 3 is 2.27 bits per heavy atom. The van der Waals surface area contributed by atoms with Crippen molar-refractivity contribution in [2.24, 2.45) is 0 Å². The first-order valence-electron chi connectivity index (χ1n) is 13.0. The molecule has 0 saturated carbocycles. The molecule has 1 fully saturated rings. The number of carbonyl (C=O) groups excluding carboxylic acids is 4. The Morgan fingerprint density at radius 2 is 1.61 bits per heavy atom. The Bertz CT molecular complexity index is 1010. The molecule has 0 aliphatic carbocycles. The molecule has 10 nitrogen and oxygen atoms in total. The molecule has 3 rings (SSSR count). The summed E-state index contributed by atoms with van der Waals surface area (Å²) in [7, 11) is 0. The molecule has 180 valence electrons. The summed E-state index contributed by atoms with van der Waals surface area (Å²) in [5.74, 6) is -3.86. The quantitative estimate of drug-likeness (QED) is 0.449. The van der Waals surface area contributed by atoms with Crippen LogP contribution in [0.3, 0.4) is 0 Å². The highest BCUT2D eigenvalue weighted by molar-refractivity contribution is 5.69. The number of aryl methyl sites for hydroxylation is 1. The summed E-state index contributed by atoms with van der Waals surface area (Å²) < 4.78 is 56.8. The first kappa shape index (κ1) is 19.3. The predicted octanol–water partition coefficient (Wildman–Crippen LogP) is 1.44. The molecule has 10 heteroatoms. The number of esters is 4. The topological polar surface area (TPSA) is 118 Å². The van der Waals surface area contributed by atoms with E-state index in [1.807, 2.05) is 25.1 Å². The zero-order chi connectivity index (χ0) is 27.1. The van der Waals surface area contributed by atoms with Crippen molar-refractivity contribution in [3.63, 3.8) is 0 Å². The summed E-state index contributed by atoms with van der Waals surface area (Å²) in [5, 5.41) is 0. The minimum atomic E-state index is -1.50. The van der Waals surface area contributed by atoms with E-state index in [4.69, 9.17) is 29.2 Å². The average molecular weight is 468 g/mol. The minimum absolute atomic E-state index is 0.424. The molecule has 2 aliphatic heterocycles. The van der Waals surface area contributed by atoms with E-state index in [0.29, 0.717) is 13.0 Å². The Labute approximate surface area is 197 Å². The van der Waals surface area contributed by atoms with Crippen LogP contribution in [-0.2, 0) is 49.3 Å². The Kier molecular flexibility index (Phi) is 5.98. The third-order valence-corrected chi connectivity index (χ3v) is 5.30. The largest absolute Gasteiger partial charge is 0.463 e. The molecule has 5 atom stereocenters. The molecule has 0 amide bonds. The van der Waals surface area contributed by atoms with Crippen LogP contribution < -0.4 is 4.90 Å². The van der Waals surface area contributed by atoms with E-state index in [-0.39, 0.29) is 0 Å². The van der Waals surface area contributed by atoms with Gasteiger partial charge in [0.05, 0.1) is 0 Å². The second kappa shape index (κ2) is 10.2. The van der Waals surface area contributed by atoms with E-state index in [9.17, 15) is 19.2 Å². The monoisotopic (exact) mass is 467 g/mol. The third-order valence-electron chi connectivity index (χ3n) is 5.30. The van der Waals surface area contributed by atoms with Crippen LogP contribution in [0.4, 0.5) is 5.69 Å². The number of fused-ring (bicyclic) bond motifs is 1. The molecule has 0 radical (unpaired) electrons. The van der Waals surface area contributed by atoms with Crippen LogP contribution in [-0.4, -0.2) is 67.7 Å². The van der Waals surface area contributed by atoms with Gasteiger partial charge in [0.25, 0.3) is 0 Å². The van der Waals surface area contributed by atoms with Crippen molar-refractivity contribution in [1.82, 2.24) is 0 Å². The summed E-state index contributed by atoms with van der Waals surface area (Å²) in [4.78, 5) is 50.1. The molecule has 0 bridgehead atoms. The number of hydrogen-bond donors (Lipinski definition) is 0. The van der Waals surface area contributed by atoms with Gasteiger partial charge in [0.2, 0.25) is 0 Å². The highest BCUT2D eigenvalue weighted by Gasteiger charge is 2.54. The van der Waals surface area contributed by atoms with Crippen molar-refractivity contribution in [1.29, 1.82) is 0 Å². The van der Waals surface area contributed by atoms with Crippen molar-refractivity contribution >= 4 is 29.6 Å². The van der Waals surface area contributed by atoms with E-state index in [1.165, 1.54) is 0 Å². The van der Waals surface area contributed by atoms with Gasteiger partial charge in [-0.05, 0) is 30.5 Å². The molecule has 33 heavy (non-hydrogen) atoms. The fourth-order valence-corrected chi connectivity index (χ4v) is 4.09. The SMILES string of the molecule is [2H]CC(=O)OC[C@H]1OC(N2CCc3ccc(C)cc32)[C@H](OC(=O)C[2H])[C@@H](OC(=O)C[2H])[C@@H]1OC(=O)C[2H]. The first-order valence-corrected chi connectivity index (χ1v) is 10.1. The van der Waals surface area contributed by atoms with Gasteiger partial charge >= 0.3 is 23.9 Å². The van der Waals surface area contributed by atoms with Crippen LogP contribution in [0.15, 0.2) is 18.2 Å². The predicted molar refractivity (Wildman–Crippen MR) is 114 cm³/mol. The lowest BCUT2D eigenvalue weighted by Crippen LogP contribution is -2.66. The van der Waals surface area contributed by atoms with Crippen molar-refractivity contribution in [3.8, 4) is 0 Å². The zero-order valence-electron chi connectivity index (χ0n) is 22.2. The molecule has 0 spiro atoms. The lowest BCUT2D eigenvalue weighted by molar-refractivity contribution is -0.252. The Morgan fingerprint density at radius 1 is 0.970 bits per heavy atom. The van der Waals surface area contributed by atoms with E-state index in [1.54, 1.807) is 4.90 Å². The van der Waals surface area contributed by atoms with Gasteiger partial charge in [0, 0.05) is 45.3 Å². The number of hydrogen-bond acceptors (Lipinski definition) is 10. The molecule has 2 aliphatic rings. The summed E-state index contributed by atoms with van der Waals surface area (Å²) in [5.41, 5.74) is 2.70. The number of ether oxygens (including phenoxy) is 5. The van der Waals surface area contributed by atoms with Crippen LogP contribution >= 0.6 is 0 Å². The standard InChI is InChI=1S/C23H29NO9/c1-12-6-7-17-8-9-24(18(17)10-12)23-22(32-16(5)28)21(31-15(4)27)20(30-14(3)26)19(33-23)11-29-13(2)25/h6-7,10,19-23H,8-9,11H2,1-5H3/t19-,20-,21+,22-,23?/m1/s1/i2D,3D,4D,5D. The third kappa shape index (κ3) is 5.81. The molecule has 0 aromatic heterocycles. The van der Waals surface area contributed by atoms with Gasteiger partial charge in [-0.15, -0.1) is 0 Å². The van der Waals surface area contributed by atoms with Crippen molar-refractivity contribution in [3.05, 3.63) is 29.3 Å². The molecular weight excluding hydrogens is 434 g/mol. The fraction of sp³-hybridized carbons (Fsp3) is 0.565. The molecule has 1 unspecified atom stereocenters. The summed E-state index contributed by atoms with van der Waals surface area (Å²) in [6.07, 6.45) is -6.11. The molecule has 1 aromatic carbocycles. The normalized spacial score (nSPS) is 27.8. The summed E-state index contributed by atoms with van der Waals surface area (Å²) >= 11 is 0. The van der Waals surface area contributed by atoms with Crippen LogP contribution in [0.25, 0.3) is 0 Å². The van der Waals surface area contributed by atoms with E-state index < -0.39 is 88.7 Å². The number of nitrogens with zero attached hydrogens (tertiary/aromatic N) is 1. The highest BCUT2D eigenvalue weighted by Crippen LogP contribution is 2.37. The van der Waals surface area contributed by atoms with E-state index in [2.05, 4.69) is 0 Å². The average Bonchev–Trinajstić information content (AvgIpc) is 3.31. The molecular formula is C23H29NO9. The smallest absolute Gasteiger partial charge is 0.303 e. The van der Waals surface area contributed by atoms with E-state index >= 15 is 0 Å². The van der Waals surface area contributed by atoms with Gasteiger partial charge in [0.1, 0.15) is 12.7 Å². The lowest BCUT2D eigenvalue weighted by Gasteiger charge is -2.47. The molecule has 1 aromatic rings. The van der Waals surface area contributed by atoms with Crippen LogP contribution in [0, 0.1) is 6.92 Å². The van der Waals surface area contributed by atoms with Crippen molar-refractivity contribution in [2.45, 2.75) is 71.6 Å². The second-order valence-electron chi connectivity index (χ2n) is 7.69. The Hall–Kier alpha value is -3.14. The van der Waals surface area contributed by atoms with Gasteiger partial charge < -0.3 is 28.6 Å². The van der Waals surface area contributed by atoms with Gasteiger partial charge in [0.15, 0.2) is 24.5 Å². The molecule has 0 N–H and O–H groups in total. The maximum atomic E-state index is 12.3. The number of benzene rings is 1. The van der Waals surface area contributed by atoms with Gasteiger partial charge in [-0.25, -0.2) is 0 Å². The molecule has 1 saturated heterocycles. The fourth-order valence-electron chi connectivity index (χ4n) is 4.09. The maximum absolute atomic E-state index is 12.3. The lowest BCUT2D eigenvalue weighted by atomic mass is 9.96. The number of carbonyl (C=O) groups is 4. The Balaban J connectivity index is 2.08. The van der Waals surface area contributed by atoms with Crippen LogP contribution in [0.5, 0.6) is 0 Å². The molecule has 2 heterocycles. The second-order valence-corrected chi connectivity index (χ2v) is 7.69. The van der Waals surface area contributed by atoms with E-state index in [0.717, 1.165) is 16.8 Å². The van der Waals surface area contributed by atoms with Gasteiger partial charge in [-0.3, -0.25) is 19.2 Å². The minimum Gasteiger partial charge on any atom is -0.463 e. The summed E-state index contributed by atoms with van der Waals surface area (Å²) in [6, 6.07) is 5.80. The highest BCUT2D eigenvalue weighted by atomic mass is 16.7. The van der Waals surface area contributed by atoms with Crippen molar-refractivity contribution in [2.75, 3.05) is 18.1 Å². The van der Waals surface area contributed by atoms with Crippen molar-refractivity contribution < 1.29 is 48.3 Å². The number of rotatable bonds is 6. The summed E-state index contributed by atoms with van der Waals surface area (Å²) in [6.45, 7) is -1.17. The first-order chi connectivity index (χ1) is 17.7.